The van der Waals surface area contributed by atoms with E-state index < -0.39 is 11.7 Å². The van der Waals surface area contributed by atoms with Crippen LogP contribution in [0.5, 0.6) is 0 Å². The number of nitrogens with zero attached hydrogens (tertiary/aromatic N) is 5. The summed E-state index contributed by atoms with van der Waals surface area (Å²) < 4.78 is 41.6. The number of hydrogen-bond donors (Lipinski definition) is 2. The van der Waals surface area contributed by atoms with Gasteiger partial charge in [-0.05, 0) is 49.4 Å². The minimum Gasteiger partial charge on any atom is -0.356 e. The first-order chi connectivity index (χ1) is 16.7. The Morgan fingerprint density at radius 3 is 2.57 bits per heavy atom. The molecular weight excluding hydrogens is 455 g/mol. The number of aromatic nitrogens is 4. The van der Waals surface area contributed by atoms with Gasteiger partial charge in [0.05, 0.1) is 11.3 Å². The largest absolute Gasteiger partial charge is 0.418 e. The maximum Gasteiger partial charge on any atom is 0.418 e. The van der Waals surface area contributed by atoms with Crippen LogP contribution in [0.3, 0.4) is 0 Å². The van der Waals surface area contributed by atoms with Crippen molar-refractivity contribution in [1.82, 2.24) is 25.1 Å². The topological polar surface area (TPSA) is 87.0 Å². The standard InChI is InChI=1S/C25H32F3N7/c1-16(2)12-24(13-29)14-35(15-24)17-7-10-34(11-8-17)20-6-5-19(25(26,27)28)22(31-20)21-18-4-3-9-30-23(18)33-32-21/h3-6,9,16-17H,7-8,10-15,29H2,1-2H3,(H,30,32,33). The molecule has 2 aliphatic rings. The fourth-order valence-corrected chi connectivity index (χ4v) is 5.82. The number of fused-ring (bicyclic) bond motifs is 1. The van der Waals surface area contributed by atoms with E-state index in [1.54, 1.807) is 18.3 Å². The fourth-order valence-electron chi connectivity index (χ4n) is 5.82. The highest BCUT2D eigenvalue weighted by atomic mass is 19.4. The lowest BCUT2D eigenvalue weighted by Crippen LogP contribution is -2.64. The molecule has 5 heterocycles. The van der Waals surface area contributed by atoms with E-state index in [-0.39, 0.29) is 16.8 Å². The second-order valence-corrected chi connectivity index (χ2v) is 10.5. The Morgan fingerprint density at radius 1 is 1.17 bits per heavy atom. The number of anilines is 1. The van der Waals surface area contributed by atoms with E-state index >= 15 is 0 Å². The maximum atomic E-state index is 13.9. The van der Waals surface area contributed by atoms with Crippen LogP contribution in [0.25, 0.3) is 22.4 Å². The number of piperidine rings is 1. The van der Waals surface area contributed by atoms with Crippen LogP contribution in [-0.4, -0.2) is 63.8 Å². The predicted octanol–water partition coefficient (Wildman–Crippen LogP) is 4.31. The molecule has 2 fully saturated rings. The molecule has 3 N–H and O–H groups in total. The number of alkyl halides is 3. The van der Waals surface area contributed by atoms with Gasteiger partial charge < -0.3 is 10.6 Å². The number of aromatic amines is 1. The molecule has 0 amide bonds. The van der Waals surface area contributed by atoms with Gasteiger partial charge in [0.1, 0.15) is 11.5 Å². The van der Waals surface area contributed by atoms with Crippen LogP contribution in [0.2, 0.25) is 0 Å². The lowest BCUT2D eigenvalue weighted by atomic mass is 9.72. The zero-order valence-electron chi connectivity index (χ0n) is 20.1. The third kappa shape index (κ3) is 4.61. The second kappa shape index (κ2) is 9.05. The third-order valence-corrected chi connectivity index (χ3v) is 7.41. The molecule has 2 saturated heterocycles. The summed E-state index contributed by atoms with van der Waals surface area (Å²) in [5.41, 5.74) is 6.01. The summed E-state index contributed by atoms with van der Waals surface area (Å²) in [4.78, 5) is 13.2. The van der Waals surface area contributed by atoms with E-state index in [0.717, 1.165) is 58.1 Å². The molecule has 35 heavy (non-hydrogen) atoms. The Bertz CT molecular complexity index is 1180. The first-order valence-electron chi connectivity index (χ1n) is 12.3. The molecule has 0 unspecified atom stereocenters. The summed E-state index contributed by atoms with van der Waals surface area (Å²) in [6, 6.07) is 6.47. The van der Waals surface area contributed by atoms with E-state index in [0.29, 0.717) is 28.8 Å². The molecule has 7 nitrogen and oxygen atoms in total. The zero-order chi connectivity index (χ0) is 24.8. The Balaban J connectivity index is 1.33. The van der Waals surface area contributed by atoms with Gasteiger partial charge in [-0.15, -0.1) is 0 Å². The smallest absolute Gasteiger partial charge is 0.356 e. The lowest BCUT2D eigenvalue weighted by molar-refractivity contribution is -0.137. The van der Waals surface area contributed by atoms with Crippen LogP contribution in [0.15, 0.2) is 30.5 Å². The normalized spacial score (nSPS) is 19.5. The van der Waals surface area contributed by atoms with Crippen LogP contribution in [0.4, 0.5) is 19.0 Å². The summed E-state index contributed by atoms with van der Waals surface area (Å²) in [5.74, 6) is 1.18. The highest BCUT2D eigenvalue weighted by molar-refractivity contribution is 5.90. The number of halogens is 3. The van der Waals surface area contributed by atoms with E-state index in [1.807, 2.05) is 0 Å². The average Bonchev–Trinajstić information content (AvgIpc) is 3.24. The Morgan fingerprint density at radius 2 is 1.91 bits per heavy atom. The quantitative estimate of drug-likeness (QED) is 0.539. The summed E-state index contributed by atoms with van der Waals surface area (Å²) >= 11 is 0. The number of H-pyrrole nitrogens is 1. The van der Waals surface area contributed by atoms with E-state index in [2.05, 4.69) is 43.8 Å². The summed E-state index contributed by atoms with van der Waals surface area (Å²) in [5, 5.41) is 7.31. The number of pyridine rings is 2. The molecule has 0 saturated carbocycles. The van der Waals surface area contributed by atoms with Gasteiger partial charge in [-0.1, -0.05) is 13.8 Å². The first-order valence-corrected chi connectivity index (χ1v) is 12.3. The molecule has 188 valence electrons. The summed E-state index contributed by atoms with van der Waals surface area (Å²) in [6.07, 6.45) is 0.0874. The van der Waals surface area contributed by atoms with Crippen LogP contribution in [-0.2, 0) is 6.18 Å². The molecule has 2 aliphatic heterocycles. The number of rotatable bonds is 6. The molecule has 3 aromatic rings. The Hall–Kier alpha value is -2.72. The van der Waals surface area contributed by atoms with Gasteiger partial charge in [-0.3, -0.25) is 10.00 Å². The molecule has 0 atom stereocenters. The van der Waals surface area contributed by atoms with Gasteiger partial charge in [0, 0.05) is 55.8 Å². The van der Waals surface area contributed by atoms with Gasteiger partial charge >= 0.3 is 6.18 Å². The van der Waals surface area contributed by atoms with Crippen molar-refractivity contribution in [2.24, 2.45) is 17.1 Å². The van der Waals surface area contributed by atoms with E-state index in [4.69, 9.17) is 5.73 Å². The lowest BCUT2D eigenvalue weighted by Gasteiger charge is -2.55. The molecule has 5 rings (SSSR count). The summed E-state index contributed by atoms with van der Waals surface area (Å²) in [6.45, 7) is 8.79. The highest BCUT2D eigenvalue weighted by Crippen LogP contribution is 2.41. The fraction of sp³-hybridized carbons (Fsp3) is 0.560. The predicted molar refractivity (Wildman–Crippen MR) is 130 cm³/mol. The van der Waals surface area contributed by atoms with Crippen molar-refractivity contribution in [1.29, 1.82) is 0 Å². The number of nitrogens with one attached hydrogen (secondary N) is 1. The van der Waals surface area contributed by atoms with Crippen molar-refractivity contribution >= 4 is 16.9 Å². The number of hydrogen-bond acceptors (Lipinski definition) is 6. The molecule has 0 aromatic carbocycles. The zero-order valence-corrected chi connectivity index (χ0v) is 20.1. The first kappa shape index (κ1) is 24.0. The molecule has 10 heteroatoms. The van der Waals surface area contributed by atoms with Crippen molar-refractivity contribution < 1.29 is 13.2 Å². The van der Waals surface area contributed by atoms with Crippen molar-refractivity contribution in [2.75, 3.05) is 37.6 Å². The third-order valence-electron chi connectivity index (χ3n) is 7.41. The van der Waals surface area contributed by atoms with Crippen LogP contribution >= 0.6 is 0 Å². The van der Waals surface area contributed by atoms with Gasteiger partial charge in [-0.2, -0.15) is 18.3 Å². The molecule has 0 bridgehead atoms. The van der Waals surface area contributed by atoms with Crippen LogP contribution in [0, 0.1) is 11.3 Å². The SMILES string of the molecule is CC(C)CC1(CN)CN(C2CCN(c3ccc(C(F)(F)F)c(-c4[nH]nc5ncccc45)n3)CC2)C1. The van der Waals surface area contributed by atoms with Crippen LogP contribution < -0.4 is 10.6 Å². The van der Waals surface area contributed by atoms with Gasteiger partial charge in [-0.25, -0.2) is 9.97 Å². The molecule has 0 aliphatic carbocycles. The summed E-state index contributed by atoms with van der Waals surface area (Å²) in [7, 11) is 0. The maximum absolute atomic E-state index is 13.9. The van der Waals surface area contributed by atoms with E-state index in [9.17, 15) is 13.2 Å². The van der Waals surface area contributed by atoms with Crippen LogP contribution in [0.1, 0.15) is 38.7 Å². The van der Waals surface area contributed by atoms with Crippen molar-refractivity contribution in [3.63, 3.8) is 0 Å². The van der Waals surface area contributed by atoms with E-state index in [1.165, 1.54) is 6.07 Å². The molecule has 0 spiro atoms. The van der Waals surface area contributed by atoms with Crippen molar-refractivity contribution in [3.05, 3.63) is 36.0 Å². The average molecular weight is 488 g/mol. The van der Waals surface area contributed by atoms with Crippen molar-refractivity contribution in [3.8, 4) is 11.4 Å². The minimum absolute atomic E-state index is 0.142. The van der Waals surface area contributed by atoms with Gasteiger partial charge in [0.15, 0.2) is 5.65 Å². The molecule has 0 radical (unpaired) electrons. The van der Waals surface area contributed by atoms with Gasteiger partial charge in [0.25, 0.3) is 0 Å². The Kier molecular flexibility index (Phi) is 6.21. The number of nitrogens with two attached hydrogens (primary N) is 1. The molecular formula is C25H32F3N7. The minimum atomic E-state index is -4.53. The molecule has 3 aromatic heterocycles. The number of likely N-dealkylation sites (tertiary alicyclic amines) is 1. The monoisotopic (exact) mass is 487 g/mol. The Labute approximate surface area is 202 Å². The van der Waals surface area contributed by atoms with Gasteiger partial charge in [0.2, 0.25) is 0 Å². The highest BCUT2D eigenvalue weighted by Gasteiger charge is 2.45. The van der Waals surface area contributed by atoms with Crippen molar-refractivity contribution in [2.45, 2.75) is 45.3 Å². The second-order valence-electron chi connectivity index (χ2n) is 10.5.